The molecule has 0 aliphatic carbocycles. The van der Waals surface area contributed by atoms with E-state index in [0.717, 1.165) is 16.3 Å². The van der Waals surface area contributed by atoms with Gasteiger partial charge in [-0.1, -0.05) is 29.8 Å². The summed E-state index contributed by atoms with van der Waals surface area (Å²) in [6, 6.07) is 8.24. The fraction of sp³-hybridized carbons (Fsp3) is 0.500. The number of hydrogen-bond donors (Lipinski definition) is 1. The molecule has 6 nitrogen and oxygen atoms in total. The first-order valence-corrected chi connectivity index (χ1v) is 11.1. The van der Waals surface area contributed by atoms with E-state index in [1.54, 1.807) is 11.3 Å². The average molecular weight is 396 g/mol. The molecule has 3 rings (SSSR count). The smallest absolute Gasteiger partial charge is 0.279 e. The minimum atomic E-state index is -3.49. The number of aryl methyl sites for hydroxylation is 1. The van der Waals surface area contributed by atoms with E-state index in [4.69, 9.17) is 4.74 Å². The molecule has 2 atom stereocenters. The minimum Gasteiger partial charge on any atom is -0.373 e. The van der Waals surface area contributed by atoms with Crippen LogP contribution in [0.5, 0.6) is 0 Å². The Hall–Kier alpha value is -1.32. The lowest BCUT2D eigenvalue weighted by molar-refractivity contribution is -0.0443. The standard InChI is InChI=1S/C18H25N3O3S2/c1-13-4-6-16(7-5-13)18-20-17(12-25-18)8-9-19-26(22,23)21-10-14(2)24-15(3)11-21/h4-7,12,14-15,19H,8-11H2,1-3H3/t14-,15-/m1/s1. The van der Waals surface area contributed by atoms with Crippen molar-refractivity contribution in [3.8, 4) is 10.6 Å². The van der Waals surface area contributed by atoms with Gasteiger partial charge in [0.25, 0.3) is 10.2 Å². The number of hydrogen-bond acceptors (Lipinski definition) is 5. The lowest BCUT2D eigenvalue weighted by Crippen LogP contribution is -2.52. The van der Waals surface area contributed by atoms with Crippen LogP contribution < -0.4 is 4.72 Å². The number of benzene rings is 1. The first-order valence-electron chi connectivity index (χ1n) is 8.75. The van der Waals surface area contributed by atoms with E-state index < -0.39 is 10.2 Å². The van der Waals surface area contributed by atoms with Crippen molar-refractivity contribution in [1.82, 2.24) is 14.0 Å². The molecule has 1 N–H and O–H groups in total. The summed E-state index contributed by atoms with van der Waals surface area (Å²) < 4.78 is 34.7. The van der Waals surface area contributed by atoms with E-state index in [2.05, 4.69) is 40.9 Å². The van der Waals surface area contributed by atoms with Crippen LogP contribution in [0.4, 0.5) is 0 Å². The van der Waals surface area contributed by atoms with Crippen LogP contribution >= 0.6 is 11.3 Å². The zero-order chi connectivity index (χ0) is 18.7. The van der Waals surface area contributed by atoms with Gasteiger partial charge in [-0.15, -0.1) is 11.3 Å². The Morgan fingerprint density at radius 1 is 1.23 bits per heavy atom. The van der Waals surface area contributed by atoms with Gasteiger partial charge in [0.2, 0.25) is 0 Å². The van der Waals surface area contributed by atoms with Crippen molar-refractivity contribution < 1.29 is 13.2 Å². The average Bonchev–Trinajstić information content (AvgIpc) is 3.03. The zero-order valence-corrected chi connectivity index (χ0v) is 16.9. The number of nitrogens with one attached hydrogen (secondary N) is 1. The highest BCUT2D eigenvalue weighted by Crippen LogP contribution is 2.24. The SMILES string of the molecule is Cc1ccc(-c2nc(CCNS(=O)(=O)N3C[C@@H](C)O[C@H](C)C3)cs2)cc1. The van der Waals surface area contributed by atoms with Gasteiger partial charge in [0.15, 0.2) is 0 Å². The number of aromatic nitrogens is 1. The van der Waals surface area contributed by atoms with Gasteiger partial charge in [-0.3, -0.25) is 0 Å². The quantitative estimate of drug-likeness (QED) is 0.816. The van der Waals surface area contributed by atoms with E-state index in [1.807, 2.05) is 19.2 Å². The van der Waals surface area contributed by atoms with Crippen molar-refractivity contribution in [3.05, 3.63) is 40.9 Å². The Morgan fingerprint density at radius 3 is 2.54 bits per heavy atom. The normalized spacial score (nSPS) is 21.8. The van der Waals surface area contributed by atoms with Gasteiger partial charge in [-0.05, 0) is 20.8 Å². The Labute approximate surface area is 159 Å². The Bertz CT molecular complexity index is 824. The van der Waals surface area contributed by atoms with Crippen LogP contribution in [0, 0.1) is 6.92 Å². The van der Waals surface area contributed by atoms with Crippen molar-refractivity contribution in [2.24, 2.45) is 0 Å². The number of rotatable bonds is 6. The largest absolute Gasteiger partial charge is 0.373 e. The number of ether oxygens (including phenoxy) is 1. The molecule has 8 heteroatoms. The summed E-state index contributed by atoms with van der Waals surface area (Å²) in [5.74, 6) is 0. The van der Waals surface area contributed by atoms with Crippen molar-refractivity contribution in [3.63, 3.8) is 0 Å². The van der Waals surface area contributed by atoms with Crippen molar-refractivity contribution in [2.75, 3.05) is 19.6 Å². The monoisotopic (exact) mass is 395 g/mol. The van der Waals surface area contributed by atoms with Gasteiger partial charge in [0, 0.05) is 37.0 Å². The lowest BCUT2D eigenvalue weighted by Gasteiger charge is -2.34. The van der Waals surface area contributed by atoms with E-state index in [-0.39, 0.29) is 12.2 Å². The highest BCUT2D eigenvalue weighted by Gasteiger charge is 2.30. The Kier molecular flexibility index (Phi) is 6.09. The molecule has 1 aliphatic rings. The molecular weight excluding hydrogens is 370 g/mol. The molecule has 1 fully saturated rings. The van der Waals surface area contributed by atoms with E-state index >= 15 is 0 Å². The molecule has 0 unspecified atom stereocenters. The molecule has 1 aromatic carbocycles. The summed E-state index contributed by atoms with van der Waals surface area (Å²) in [6.07, 6.45) is 0.383. The first-order chi connectivity index (χ1) is 12.3. The summed E-state index contributed by atoms with van der Waals surface area (Å²) in [7, 11) is -3.49. The van der Waals surface area contributed by atoms with Gasteiger partial charge in [-0.2, -0.15) is 12.7 Å². The van der Waals surface area contributed by atoms with E-state index in [0.29, 0.717) is 26.1 Å². The molecule has 2 heterocycles. The van der Waals surface area contributed by atoms with Crippen LogP contribution in [0.2, 0.25) is 0 Å². The maximum atomic E-state index is 12.5. The van der Waals surface area contributed by atoms with Crippen molar-refractivity contribution >= 4 is 21.5 Å². The molecule has 0 saturated carbocycles. The van der Waals surface area contributed by atoms with Gasteiger partial charge < -0.3 is 4.74 Å². The van der Waals surface area contributed by atoms with Gasteiger partial charge >= 0.3 is 0 Å². The van der Waals surface area contributed by atoms with Crippen LogP contribution in [0.1, 0.15) is 25.1 Å². The molecule has 0 spiro atoms. The van der Waals surface area contributed by atoms with Crippen LogP contribution in [0.25, 0.3) is 10.6 Å². The number of morpholine rings is 1. The first kappa shape index (κ1) is 19.4. The molecule has 1 aliphatic heterocycles. The summed E-state index contributed by atoms with van der Waals surface area (Å²) in [5.41, 5.74) is 3.20. The van der Waals surface area contributed by atoms with Gasteiger partial charge in [0.05, 0.1) is 17.9 Å². The van der Waals surface area contributed by atoms with E-state index in [9.17, 15) is 8.42 Å². The zero-order valence-electron chi connectivity index (χ0n) is 15.3. The van der Waals surface area contributed by atoms with Crippen LogP contribution in [-0.4, -0.2) is 49.5 Å². The van der Waals surface area contributed by atoms with Gasteiger partial charge in [-0.25, -0.2) is 9.71 Å². The molecule has 0 bridgehead atoms. The Balaban J connectivity index is 1.55. The van der Waals surface area contributed by atoms with Crippen molar-refractivity contribution in [1.29, 1.82) is 0 Å². The molecule has 1 aromatic heterocycles. The maximum Gasteiger partial charge on any atom is 0.279 e. The second kappa shape index (κ2) is 8.14. The van der Waals surface area contributed by atoms with E-state index in [1.165, 1.54) is 9.87 Å². The molecular formula is C18H25N3O3S2. The third kappa shape index (κ3) is 4.89. The molecule has 142 valence electrons. The number of thiazole rings is 1. The fourth-order valence-corrected chi connectivity index (χ4v) is 5.19. The molecule has 2 aromatic rings. The predicted molar refractivity (Wildman–Crippen MR) is 104 cm³/mol. The molecule has 1 saturated heterocycles. The fourth-order valence-electron chi connectivity index (χ4n) is 2.98. The summed E-state index contributed by atoms with van der Waals surface area (Å²) in [5, 5.41) is 2.95. The maximum absolute atomic E-state index is 12.5. The molecule has 0 radical (unpaired) electrons. The third-order valence-corrected chi connectivity index (χ3v) is 6.73. The lowest BCUT2D eigenvalue weighted by atomic mass is 10.2. The number of nitrogens with zero attached hydrogens (tertiary/aromatic N) is 2. The van der Waals surface area contributed by atoms with Gasteiger partial charge in [0.1, 0.15) is 5.01 Å². The van der Waals surface area contributed by atoms with Crippen LogP contribution in [0.15, 0.2) is 29.6 Å². The summed E-state index contributed by atoms with van der Waals surface area (Å²) in [6.45, 7) is 6.93. The predicted octanol–water partition coefficient (Wildman–Crippen LogP) is 2.60. The molecule has 26 heavy (non-hydrogen) atoms. The summed E-state index contributed by atoms with van der Waals surface area (Å²) >= 11 is 1.58. The summed E-state index contributed by atoms with van der Waals surface area (Å²) in [4.78, 5) is 4.62. The van der Waals surface area contributed by atoms with Crippen LogP contribution in [0.3, 0.4) is 0 Å². The van der Waals surface area contributed by atoms with Crippen LogP contribution in [-0.2, 0) is 21.4 Å². The second-order valence-corrected chi connectivity index (χ2v) is 9.35. The molecule has 0 amide bonds. The Morgan fingerprint density at radius 2 is 1.88 bits per heavy atom. The highest BCUT2D eigenvalue weighted by molar-refractivity contribution is 7.87. The topological polar surface area (TPSA) is 71.5 Å². The van der Waals surface area contributed by atoms with Crippen molar-refractivity contribution in [2.45, 2.75) is 39.4 Å². The highest BCUT2D eigenvalue weighted by atomic mass is 32.2. The minimum absolute atomic E-state index is 0.0917. The second-order valence-electron chi connectivity index (χ2n) is 6.73. The third-order valence-electron chi connectivity index (χ3n) is 4.24.